The number of aliphatic hydroxyl groups is 2. The average Bonchev–Trinajstić information content (AvgIpc) is 3.26. The Morgan fingerprint density at radius 1 is 1.09 bits per heavy atom. The van der Waals surface area contributed by atoms with Crippen molar-refractivity contribution < 1.29 is 19.5 Å². The lowest BCUT2D eigenvalue weighted by molar-refractivity contribution is 0.0531. The summed E-state index contributed by atoms with van der Waals surface area (Å²) < 4.78 is 11.4. The molecular formula is C24H32N4O4. The fourth-order valence-electron chi connectivity index (χ4n) is 3.36. The molecule has 2 heterocycles. The highest BCUT2D eigenvalue weighted by Crippen LogP contribution is 2.32. The molecular weight excluding hydrogens is 408 g/mol. The van der Waals surface area contributed by atoms with Gasteiger partial charge in [-0.05, 0) is 69.5 Å². The Bertz CT molecular complexity index is 1060. The van der Waals surface area contributed by atoms with E-state index in [1.54, 1.807) is 0 Å². The third kappa shape index (κ3) is 5.26. The number of hydrogen-bond acceptors (Lipinski definition) is 8. The molecule has 0 saturated heterocycles. The number of nitrogens with zero attached hydrogens (tertiary/aromatic N) is 4. The smallest absolute Gasteiger partial charge is 0.258 e. The zero-order valence-corrected chi connectivity index (χ0v) is 19.6. The fraction of sp³-hybridized carbons (Fsp3) is 0.458. The summed E-state index contributed by atoms with van der Waals surface area (Å²) in [5.41, 5.74) is 4.40. The van der Waals surface area contributed by atoms with Gasteiger partial charge in [-0.1, -0.05) is 12.1 Å². The Morgan fingerprint density at radius 3 is 2.50 bits per heavy atom. The lowest BCUT2D eigenvalue weighted by atomic mass is 10.0. The molecule has 3 aromatic rings. The van der Waals surface area contributed by atoms with E-state index in [4.69, 9.17) is 14.4 Å². The lowest BCUT2D eigenvalue weighted by Gasteiger charge is -2.23. The highest BCUT2D eigenvalue weighted by molar-refractivity contribution is 5.65. The van der Waals surface area contributed by atoms with Crippen molar-refractivity contribution in [1.29, 1.82) is 0 Å². The normalized spacial score (nSPS) is 12.3. The predicted molar refractivity (Wildman–Crippen MR) is 124 cm³/mol. The van der Waals surface area contributed by atoms with Crippen LogP contribution in [0, 0.1) is 13.8 Å². The van der Waals surface area contributed by atoms with Gasteiger partial charge in [0.25, 0.3) is 5.89 Å². The summed E-state index contributed by atoms with van der Waals surface area (Å²) in [4.78, 5) is 11.3. The zero-order valence-electron chi connectivity index (χ0n) is 19.6. The number of ether oxygens (including phenoxy) is 1. The second-order valence-corrected chi connectivity index (χ2v) is 8.27. The Hall–Kier alpha value is -2.97. The van der Waals surface area contributed by atoms with Gasteiger partial charge < -0.3 is 24.4 Å². The maximum atomic E-state index is 9.61. The van der Waals surface area contributed by atoms with Gasteiger partial charge in [-0.2, -0.15) is 4.98 Å². The van der Waals surface area contributed by atoms with Crippen molar-refractivity contribution in [3.63, 3.8) is 0 Å². The van der Waals surface area contributed by atoms with E-state index in [1.165, 1.54) is 0 Å². The van der Waals surface area contributed by atoms with Gasteiger partial charge in [0.05, 0.1) is 6.61 Å². The molecule has 1 aromatic carbocycles. The number of aliphatic hydroxyl groups excluding tert-OH is 2. The van der Waals surface area contributed by atoms with Crippen LogP contribution in [0.3, 0.4) is 0 Å². The van der Waals surface area contributed by atoms with Gasteiger partial charge in [-0.3, -0.25) is 0 Å². The second kappa shape index (κ2) is 10.1. The average molecular weight is 441 g/mol. The van der Waals surface area contributed by atoms with E-state index in [9.17, 15) is 5.11 Å². The summed E-state index contributed by atoms with van der Waals surface area (Å²) in [6.07, 6.45) is -0.180. The molecule has 0 spiro atoms. The molecule has 172 valence electrons. The first-order chi connectivity index (χ1) is 15.2. The highest BCUT2D eigenvalue weighted by Gasteiger charge is 2.17. The minimum absolute atomic E-state index is 0.0323. The van der Waals surface area contributed by atoms with Gasteiger partial charge in [0, 0.05) is 29.9 Å². The molecule has 3 rings (SSSR count). The number of pyridine rings is 1. The standard InChI is InChI=1S/C24H32N4O4/c1-7-17-10-18(8-15(4)22(17)31-13-20(30)12-29)23-26-24(32-27-23)19-9-16(5)25-21(11-19)28(6)14(2)3/h8-11,14,20,29-30H,7,12-13H2,1-6H3/t20-/m0/s1. The fourth-order valence-corrected chi connectivity index (χ4v) is 3.36. The summed E-state index contributed by atoms with van der Waals surface area (Å²) >= 11 is 0. The zero-order chi connectivity index (χ0) is 23.4. The maximum absolute atomic E-state index is 9.61. The minimum Gasteiger partial charge on any atom is -0.490 e. The van der Waals surface area contributed by atoms with Crippen molar-refractivity contribution in [2.45, 2.75) is 53.2 Å². The van der Waals surface area contributed by atoms with Crippen molar-refractivity contribution in [3.8, 4) is 28.6 Å². The van der Waals surface area contributed by atoms with E-state index in [1.807, 2.05) is 52.1 Å². The number of benzene rings is 1. The molecule has 0 fully saturated rings. The molecule has 0 unspecified atom stereocenters. The Kier molecular flexibility index (Phi) is 7.48. The molecule has 32 heavy (non-hydrogen) atoms. The molecule has 0 radical (unpaired) electrons. The van der Waals surface area contributed by atoms with E-state index in [2.05, 4.69) is 33.9 Å². The monoisotopic (exact) mass is 440 g/mol. The molecule has 0 aliphatic carbocycles. The van der Waals surface area contributed by atoms with Gasteiger partial charge in [0.1, 0.15) is 24.3 Å². The third-order valence-corrected chi connectivity index (χ3v) is 5.37. The van der Waals surface area contributed by atoms with E-state index in [0.29, 0.717) is 23.5 Å². The van der Waals surface area contributed by atoms with Crippen LogP contribution in [0.1, 0.15) is 37.6 Å². The second-order valence-electron chi connectivity index (χ2n) is 8.27. The number of rotatable bonds is 9. The molecule has 0 amide bonds. The Labute approximate surface area is 188 Å². The summed E-state index contributed by atoms with van der Waals surface area (Å²) in [5, 5.41) is 22.8. The Balaban J connectivity index is 1.92. The van der Waals surface area contributed by atoms with Crippen molar-refractivity contribution in [3.05, 3.63) is 41.1 Å². The lowest BCUT2D eigenvalue weighted by Crippen LogP contribution is -2.26. The molecule has 0 saturated carbocycles. The summed E-state index contributed by atoms with van der Waals surface area (Å²) in [6, 6.07) is 8.10. The van der Waals surface area contributed by atoms with Crippen LogP contribution in [0.25, 0.3) is 22.8 Å². The molecule has 2 aromatic heterocycles. The van der Waals surface area contributed by atoms with E-state index < -0.39 is 6.10 Å². The quantitative estimate of drug-likeness (QED) is 0.520. The minimum atomic E-state index is -0.915. The molecule has 0 aliphatic heterocycles. The van der Waals surface area contributed by atoms with Crippen LogP contribution in [-0.4, -0.2) is 57.7 Å². The summed E-state index contributed by atoms with van der Waals surface area (Å²) in [5.74, 6) is 2.49. The van der Waals surface area contributed by atoms with Crippen molar-refractivity contribution in [2.75, 3.05) is 25.2 Å². The molecule has 0 aliphatic rings. The summed E-state index contributed by atoms with van der Waals surface area (Å²) in [7, 11) is 2.01. The SMILES string of the molecule is CCc1cc(-c2noc(-c3cc(C)nc(N(C)C(C)C)c3)n2)cc(C)c1OC[C@@H](O)CO. The van der Waals surface area contributed by atoms with E-state index >= 15 is 0 Å². The first kappa shape index (κ1) is 23.7. The van der Waals surface area contributed by atoms with Crippen LogP contribution in [0.5, 0.6) is 5.75 Å². The van der Waals surface area contributed by atoms with Crippen LogP contribution < -0.4 is 9.64 Å². The third-order valence-electron chi connectivity index (χ3n) is 5.37. The van der Waals surface area contributed by atoms with Crippen LogP contribution in [0.4, 0.5) is 5.82 Å². The Morgan fingerprint density at radius 2 is 1.84 bits per heavy atom. The van der Waals surface area contributed by atoms with Gasteiger partial charge in [0.2, 0.25) is 5.82 Å². The van der Waals surface area contributed by atoms with Crippen LogP contribution in [0.15, 0.2) is 28.8 Å². The summed E-state index contributed by atoms with van der Waals surface area (Å²) in [6.45, 7) is 9.83. The van der Waals surface area contributed by atoms with Crippen molar-refractivity contribution in [1.82, 2.24) is 15.1 Å². The van der Waals surface area contributed by atoms with Crippen LogP contribution in [0.2, 0.25) is 0 Å². The largest absolute Gasteiger partial charge is 0.490 e. The molecule has 8 heteroatoms. The van der Waals surface area contributed by atoms with E-state index in [-0.39, 0.29) is 13.2 Å². The molecule has 8 nitrogen and oxygen atoms in total. The van der Waals surface area contributed by atoms with Crippen molar-refractivity contribution in [2.24, 2.45) is 0 Å². The predicted octanol–water partition coefficient (Wildman–Crippen LogP) is 3.55. The topological polar surface area (TPSA) is 105 Å². The highest BCUT2D eigenvalue weighted by atomic mass is 16.5. The first-order valence-electron chi connectivity index (χ1n) is 10.8. The number of aryl methyl sites for hydroxylation is 3. The van der Waals surface area contributed by atoms with Gasteiger partial charge in [0.15, 0.2) is 0 Å². The first-order valence-corrected chi connectivity index (χ1v) is 10.8. The molecule has 1 atom stereocenters. The van der Waals surface area contributed by atoms with Gasteiger partial charge >= 0.3 is 0 Å². The van der Waals surface area contributed by atoms with Gasteiger partial charge in [-0.25, -0.2) is 4.98 Å². The van der Waals surface area contributed by atoms with E-state index in [0.717, 1.165) is 40.2 Å². The maximum Gasteiger partial charge on any atom is 0.258 e. The molecule has 2 N–H and O–H groups in total. The number of anilines is 1. The van der Waals surface area contributed by atoms with Crippen LogP contribution in [-0.2, 0) is 6.42 Å². The molecule has 0 bridgehead atoms. The van der Waals surface area contributed by atoms with Gasteiger partial charge in [-0.15, -0.1) is 0 Å². The number of aromatic nitrogens is 3. The number of hydrogen-bond donors (Lipinski definition) is 2. The van der Waals surface area contributed by atoms with Crippen molar-refractivity contribution >= 4 is 5.82 Å². The van der Waals surface area contributed by atoms with Crippen LogP contribution >= 0.6 is 0 Å².